The summed E-state index contributed by atoms with van der Waals surface area (Å²) < 4.78 is 0. The normalized spacial score (nSPS) is 14.5. The predicted molar refractivity (Wildman–Crippen MR) is 60.2 cm³/mol. The van der Waals surface area contributed by atoms with Gasteiger partial charge in [-0.1, -0.05) is 0 Å². The summed E-state index contributed by atoms with van der Waals surface area (Å²) in [5.41, 5.74) is 1.12. The Labute approximate surface area is 92.5 Å². The van der Waals surface area contributed by atoms with Crippen LogP contribution in [0.3, 0.4) is 0 Å². The molecule has 2 amide bonds. The van der Waals surface area contributed by atoms with E-state index in [1.54, 1.807) is 25.4 Å². The average Bonchev–Trinajstić information content (AvgIpc) is 2.59. The number of thiazole rings is 1. The van der Waals surface area contributed by atoms with Gasteiger partial charge in [-0.3, -0.25) is 5.32 Å². The van der Waals surface area contributed by atoms with Crippen molar-refractivity contribution < 1.29 is 4.79 Å². The van der Waals surface area contributed by atoms with Crippen molar-refractivity contribution in [2.24, 2.45) is 0 Å². The van der Waals surface area contributed by atoms with Gasteiger partial charge in [0.25, 0.3) is 0 Å². The number of amides is 2. The second kappa shape index (κ2) is 4.16. The average molecular weight is 226 g/mol. The quantitative estimate of drug-likeness (QED) is 0.747. The van der Waals surface area contributed by atoms with Crippen LogP contribution in [0.4, 0.5) is 9.93 Å². The standard InChI is InChI=1S/C9H14N4OS/c1-13(2)9(14)12-8-11-6-3-4-10-5-7(6)15-8/h10H,3-5H2,1-2H3,(H,11,12,14). The SMILES string of the molecule is CN(C)C(=O)Nc1nc2c(s1)CNCC2. The van der Waals surface area contributed by atoms with Crippen LogP contribution >= 0.6 is 11.3 Å². The van der Waals surface area contributed by atoms with Gasteiger partial charge in [-0.2, -0.15) is 0 Å². The summed E-state index contributed by atoms with van der Waals surface area (Å²) in [6.07, 6.45) is 0.948. The molecular weight excluding hydrogens is 212 g/mol. The molecule has 0 fully saturated rings. The van der Waals surface area contributed by atoms with Gasteiger partial charge in [-0.15, -0.1) is 11.3 Å². The van der Waals surface area contributed by atoms with E-state index in [4.69, 9.17) is 0 Å². The lowest BCUT2D eigenvalue weighted by molar-refractivity contribution is 0.230. The van der Waals surface area contributed by atoms with E-state index in [1.807, 2.05) is 0 Å². The largest absolute Gasteiger partial charge is 0.331 e. The van der Waals surface area contributed by atoms with E-state index in [-0.39, 0.29) is 6.03 Å². The third-order valence-corrected chi connectivity index (χ3v) is 3.24. The summed E-state index contributed by atoms with van der Waals surface area (Å²) in [4.78, 5) is 18.5. The van der Waals surface area contributed by atoms with E-state index in [0.29, 0.717) is 5.13 Å². The predicted octanol–water partition coefficient (Wildman–Crippen LogP) is 0.882. The van der Waals surface area contributed by atoms with Crippen molar-refractivity contribution in [2.75, 3.05) is 26.0 Å². The maximum atomic E-state index is 11.4. The van der Waals surface area contributed by atoms with Crippen molar-refractivity contribution in [3.05, 3.63) is 10.6 Å². The highest BCUT2D eigenvalue weighted by Gasteiger charge is 2.16. The smallest absolute Gasteiger partial charge is 0.323 e. The molecule has 0 saturated carbocycles. The molecular formula is C9H14N4OS. The molecule has 0 atom stereocenters. The zero-order valence-corrected chi connectivity index (χ0v) is 9.65. The number of urea groups is 1. The van der Waals surface area contributed by atoms with Crippen LogP contribution in [0.2, 0.25) is 0 Å². The Bertz CT molecular complexity index is 351. The Kier molecular flexibility index (Phi) is 2.88. The maximum absolute atomic E-state index is 11.4. The molecule has 6 heteroatoms. The lowest BCUT2D eigenvalue weighted by Crippen LogP contribution is -2.27. The van der Waals surface area contributed by atoms with E-state index in [1.165, 1.54) is 9.78 Å². The number of rotatable bonds is 1. The van der Waals surface area contributed by atoms with Gasteiger partial charge in [0.2, 0.25) is 0 Å². The van der Waals surface area contributed by atoms with E-state index < -0.39 is 0 Å². The van der Waals surface area contributed by atoms with Crippen molar-refractivity contribution in [1.29, 1.82) is 0 Å². The number of carbonyl (C=O) groups is 1. The van der Waals surface area contributed by atoms with Gasteiger partial charge in [0.1, 0.15) is 0 Å². The number of nitrogens with one attached hydrogen (secondary N) is 2. The first-order valence-corrected chi connectivity index (χ1v) is 5.66. The third kappa shape index (κ3) is 2.27. The third-order valence-electron chi connectivity index (χ3n) is 2.22. The fourth-order valence-electron chi connectivity index (χ4n) is 1.38. The van der Waals surface area contributed by atoms with Gasteiger partial charge in [-0.25, -0.2) is 9.78 Å². The van der Waals surface area contributed by atoms with Crippen LogP contribution in [0, 0.1) is 0 Å². The molecule has 0 spiro atoms. The summed E-state index contributed by atoms with van der Waals surface area (Å²) in [6, 6.07) is -0.131. The van der Waals surface area contributed by atoms with Crippen molar-refractivity contribution in [3.8, 4) is 0 Å². The minimum Gasteiger partial charge on any atom is -0.331 e. The molecule has 2 heterocycles. The molecule has 1 aliphatic heterocycles. The number of aromatic nitrogens is 1. The first-order chi connectivity index (χ1) is 7.16. The molecule has 0 saturated heterocycles. The molecule has 0 unspecified atom stereocenters. The molecule has 0 aromatic carbocycles. The first-order valence-electron chi connectivity index (χ1n) is 4.84. The summed E-state index contributed by atoms with van der Waals surface area (Å²) in [7, 11) is 3.43. The van der Waals surface area contributed by atoms with Crippen molar-refractivity contribution in [3.63, 3.8) is 0 Å². The van der Waals surface area contributed by atoms with Gasteiger partial charge in [0.15, 0.2) is 5.13 Å². The lowest BCUT2D eigenvalue weighted by atomic mass is 10.2. The van der Waals surface area contributed by atoms with Gasteiger partial charge in [0.05, 0.1) is 5.69 Å². The fourth-order valence-corrected chi connectivity index (χ4v) is 2.35. The Morgan fingerprint density at radius 3 is 3.07 bits per heavy atom. The van der Waals surface area contributed by atoms with Crippen LogP contribution in [0.1, 0.15) is 10.6 Å². The zero-order chi connectivity index (χ0) is 10.8. The van der Waals surface area contributed by atoms with Gasteiger partial charge in [0, 0.05) is 38.5 Å². The molecule has 1 aliphatic rings. The monoisotopic (exact) mass is 226 g/mol. The number of carbonyl (C=O) groups excluding carboxylic acids is 1. The molecule has 1 aromatic rings. The summed E-state index contributed by atoms with van der Waals surface area (Å²) in [5.74, 6) is 0. The van der Waals surface area contributed by atoms with E-state index in [2.05, 4.69) is 15.6 Å². The second-order valence-electron chi connectivity index (χ2n) is 3.64. The number of anilines is 1. The molecule has 82 valence electrons. The topological polar surface area (TPSA) is 57.3 Å². The van der Waals surface area contributed by atoms with E-state index in [9.17, 15) is 4.79 Å². The number of nitrogens with zero attached hydrogens (tertiary/aromatic N) is 2. The molecule has 15 heavy (non-hydrogen) atoms. The van der Waals surface area contributed by atoms with Gasteiger partial charge >= 0.3 is 6.03 Å². The number of hydrogen-bond donors (Lipinski definition) is 2. The summed E-state index contributed by atoms with van der Waals surface area (Å²) in [5, 5.41) is 6.74. The summed E-state index contributed by atoms with van der Waals surface area (Å²) >= 11 is 1.55. The van der Waals surface area contributed by atoms with Crippen LogP contribution in [0.25, 0.3) is 0 Å². The van der Waals surface area contributed by atoms with Crippen LogP contribution in [-0.4, -0.2) is 36.6 Å². The minimum absolute atomic E-state index is 0.131. The summed E-state index contributed by atoms with van der Waals surface area (Å²) in [6.45, 7) is 1.84. The van der Waals surface area contributed by atoms with E-state index in [0.717, 1.165) is 25.2 Å². The molecule has 1 aromatic heterocycles. The molecule has 0 radical (unpaired) electrons. The first kappa shape index (κ1) is 10.4. The van der Waals surface area contributed by atoms with Crippen LogP contribution < -0.4 is 10.6 Å². The van der Waals surface area contributed by atoms with Gasteiger partial charge < -0.3 is 10.2 Å². The van der Waals surface area contributed by atoms with E-state index >= 15 is 0 Å². The molecule has 5 nitrogen and oxygen atoms in total. The minimum atomic E-state index is -0.131. The Morgan fingerprint density at radius 1 is 1.60 bits per heavy atom. The maximum Gasteiger partial charge on any atom is 0.323 e. The second-order valence-corrected chi connectivity index (χ2v) is 4.72. The molecule has 2 N–H and O–H groups in total. The van der Waals surface area contributed by atoms with Gasteiger partial charge in [-0.05, 0) is 0 Å². The molecule has 0 aliphatic carbocycles. The Hall–Kier alpha value is -1.14. The van der Waals surface area contributed by atoms with Crippen molar-refractivity contribution in [1.82, 2.24) is 15.2 Å². The van der Waals surface area contributed by atoms with Crippen LogP contribution in [0.5, 0.6) is 0 Å². The van der Waals surface area contributed by atoms with Crippen LogP contribution in [0.15, 0.2) is 0 Å². The van der Waals surface area contributed by atoms with Crippen molar-refractivity contribution in [2.45, 2.75) is 13.0 Å². The van der Waals surface area contributed by atoms with Crippen LogP contribution in [-0.2, 0) is 13.0 Å². The number of hydrogen-bond acceptors (Lipinski definition) is 4. The highest BCUT2D eigenvalue weighted by atomic mass is 32.1. The highest BCUT2D eigenvalue weighted by Crippen LogP contribution is 2.25. The molecule has 2 rings (SSSR count). The Morgan fingerprint density at radius 2 is 2.40 bits per heavy atom. The van der Waals surface area contributed by atoms with Crippen molar-refractivity contribution >= 4 is 22.5 Å². The molecule has 0 bridgehead atoms. The Balaban J connectivity index is 2.09. The number of fused-ring (bicyclic) bond motifs is 1. The highest BCUT2D eigenvalue weighted by molar-refractivity contribution is 7.15. The lowest BCUT2D eigenvalue weighted by Gasteiger charge is -2.09. The zero-order valence-electron chi connectivity index (χ0n) is 8.83. The fraction of sp³-hybridized carbons (Fsp3) is 0.556.